The predicted octanol–water partition coefficient (Wildman–Crippen LogP) is 4.00. The summed E-state index contributed by atoms with van der Waals surface area (Å²) in [6.45, 7) is 0. The van der Waals surface area contributed by atoms with Crippen LogP contribution in [0, 0.1) is 0 Å². The molecular formula is C14H14N4OS3. The van der Waals surface area contributed by atoms with E-state index in [-0.39, 0.29) is 0 Å². The number of hydrogen-bond donors (Lipinski definition) is 1. The number of aromatic nitrogens is 3. The van der Waals surface area contributed by atoms with E-state index in [0.29, 0.717) is 0 Å². The Kier molecular flexibility index (Phi) is 4.91. The first kappa shape index (κ1) is 15.3. The maximum atomic E-state index is 5.39. The van der Waals surface area contributed by atoms with Gasteiger partial charge in [-0.05, 0) is 12.1 Å². The third-order valence-electron chi connectivity index (χ3n) is 2.85. The molecule has 0 radical (unpaired) electrons. The number of thioether (sulfide) groups is 1. The van der Waals surface area contributed by atoms with Gasteiger partial charge in [0.25, 0.3) is 0 Å². The Labute approximate surface area is 140 Å². The predicted molar refractivity (Wildman–Crippen MR) is 93.1 cm³/mol. The van der Waals surface area contributed by atoms with Crippen molar-refractivity contribution in [3.8, 4) is 16.3 Å². The van der Waals surface area contributed by atoms with Crippen molar-refractivity contribution in [3.63, 3.8) is 0 Å². The zero-order valence-corrected chi connectivity index (χ0v) is 14.5. The quantitative estimate of drug-likeness (QED) is 0.678. The number of anilines is 1. The molecule has 0 spiro atoms. The highest BCUT2D eigenvalue weighted by atomic mass is 32.2. The summed E-state index contributed by atoms with van der Waals surface area (Å²) in [5.41, 5.74) is 2.07. The molecular weight excluding hydrogens is 336 g/mol. The summed E-state index contributed by atoms with van der Waals surface area (Å²) in [6.07, 6.45) is 0. The van der Waals surface area contributed by atoms with Gasteiger partial charge in [-0.1, -0.05) is 35.2 Å². The molecule has 8 heteroatoms. The van der Waals surface area contributed by atoms with E-state index in [4.69, 9.17) is 4.74 Å². The Balaban J connectivity index is 1.71. The van der Waals surface area contributed by atoms with E-state index in [1.807, 2.05) is 31.3 Å². The van der Waals surface area contributed by atoms with Crippen LogP contribution in [0.5, 0.6) is 5.75 Å². The largest absolute Gasteiger partial charge is 0.496 e. The van der Waals surface area contributed by atoms with Crippen molar-refractivity contribution in [2.75, 3.05) is 19.5 Å². The van der Waals surface area contributed by atoms with E-state index in [9.17, 15) is 0 Å². The first-order valence-electron chi connectivity index (χ1n) is 6.52. The van der Waals surface area contributed by atoms with Crippen molar-refractivity contribution in [2.24, 2.45) is 0 Å². The Morgan fingerprint density at radius 1 is 1.27 bits per heavy atom. The van der Waals surface area contributed by atoms with Gasteiger partial charge in [0, 0.05) is 18.2 Å². The van der Waals surface area contributed by atoms with E-state index in [0.717, 1.165) is 37.2 Å². The van der Waals surface area contributed by atoms with Gasteiger partial charge in [-0.3, -0.25) is 0 Å². The van der Waals surface area contributed by atoms with Gasteiger partial charge in [0.2, 0.25) is 5.13 Å². The minimum atomic E-state index is 0.782. The standard InChI is InChI=1S/C14H14N4OS3/c1-15-13-17-18-14(22-13)21-8-9-7-20-12(16-9)10-5-3-4-6-11(10)19-2/h3-7H,8H2,1-2H3,(H,15,17). The number of hydrogen-bond acceptors (Lipinski definition) is 8. The van der Waals surface area contributed by atoms with Gasteiger partial charge in [0.05, 0.1) is 18.4 Å². The number of para-hydroxylation sites is 1. The van der Waals surface area contributed by atoms with Crippen LogP contribution in [0.3, 0.4) is 0 Å². The van der Waals surface area contributed by atoms with Crippen LogP contribution < -0.4 is 10.1 Å². The fourth-order valence-corrected chi connectivity index (χ4v) is 4.38. The molecule has 0 saturated heterocycles. The van der Waals surface area contributed by atoms with Crippen LogP contribution in [0.15, 0.2) is 34.0 Å². The van der Waals surface area contributed by atoms with E-state index >= 15 is 0 Å². The molecule has 0 atom stereocenters. The molecule has 3 aromatic rings. The maximum absolute atomic E-state index is 5.39. The lowest BCUT2D eigenvalue weighted by atomic mass is 10.2. The zero-order chi connectivity index (χ0) is 15.4. The van der Waals surface area contributed by atoms with Crippen LogP contribution in [0.2, 0.25) is 0 Å². The smallest absolute Gasteiger partial charge is 0.206 e. The van der Waals surface area contributed by atoms with Gasteiger partial charge in [0.15, 0.2) is 4.34 Å². The zero-order valence-electron chi connectivity index (χ0n) is 12.1. The molecule has 0 amide bonds. The second kappa shape index (κ2) is 7.08. The van der Waals surface area contributed by atoms with Gasteiger partial charge in [-0.2, -0.15) is 0 Å². The number of nitrogens with one attached hydrogen (secondary N) is 1. The Morgan fingerprint density at radius 3 is 2.91 bits per heavy atom. The molecule has 0 unspecified atom stereocenters. The minimum Gasteiger partial charge on any atom is -0.496 e. The average molecular weight is 350 g/mol. The molecule has 3 rings (SSSR count). The monoisotopic (exact) mass is 350 g/mol. The second-order valence-corrected chi connectivity index (χ2v) is 7.31. The van der Waals surface area contributed by atoms with Crippen molar-refractivity contribution in [3.05, 3.63) is 35.3 Å². The van der Waals surface area contributed by atoms with Crippen LogP contribution in [0.1, 0.15) is 5.69 Å². The van der Waals surface area contributed by atoms with Crippen molar-refractivity contribution in [2.45, 2.75) is 10.1 Å². The fourth-order valence-electron chi connectivity index (χ4n) is 1.82. The topological polar surface area (TPSA) is 59.9 Å². The Morgan fingerprint density at radius 2 is 2.14 bits per heavy atom. The highest BCUT2D eigenvalue weighted by Gasteiger charge is 2.11. The lowest BCUT2D eigenvalue weighted by Gasteiger charge is -2.04. The van der Waals surface area contributed by atoms with Crippen molar-refractivity contribution < 1.29 is 4.74 Å². The van der Waals surface area contributed by atoms with Crippen LogP contribution in [0.4, 0.5) is 5.13 Å². The summed E-state index contributed by atoms with van der Waals surface area (Å²) in [4.78, 5) is 4.69. The number of nitrogens with zero attached hydrogens (tertiary/aromatic N) is 3. The summed E-state index contributed by atoms with van der Waals surface area (Å²) in [5, 5.41) is 15.0. The summed E-state index contributed by atoms with van der Waals surface area (Å²) in [6, 6.07) is 7.93. The molecule has 1 N–H and O–H groups in total. The van der Waals surface area contributed by atoms with Crippen molar-refractivity contribution >= 4 is 39.6 Å². The summed E-state index contributed by atoms with van der Waals surface area (Å²) in [7, 11) is 3.52. The van der Waals surface area contributed by atoms with Gasteiger partial charge in [-0.25, -0.2) is 4.98 Å². The number of ether oxygens (including phenoxy) is 1. The number of rotatable bonds is 6. The Hall–Kier alpha value is -1.64. The third-order valence-corrected chi connectivity index (χ3v) is 5.89. The molecule has 0 aliphatic carbocycles. The SMILES string of the molecule is CNc1nnc(SCc2csc(-c3ccccc3OC)n2)s1. The van der Waals surface area contributed by atoms with Gasteiger partial charge < -0.3 is 10.1 Å². The van der Waals surface area contributed by atoms with E-state index in [2.05, 4.69) is 25.9 Å². The molecule has 0 bridgehead atoms. The first-order valence-corrected chi connectivity index (χ1v) is 9.20. The molecule has 114 valence electrons. The van der Waals surface area contributed by atoms with Gasteiger partial charge in [0.1, 0.15) is 10.8 Å². The maximum Gasteiger partial charge on any atom is 0.206 e. The highest BCUT2D eigenvalue weighted by molar-refractivity contribution is 8.00. The lowest BCUT2D eigenvalue weighted by molar-refractivity contribution is 0.416. The van der Waals surface area contributed by atoms with Gasteiger partial charge in [-0.15, -0.1) is 21.5 Å². The van der Waals surface area contributed by atoms with Crippen LogP contribution >= 0.6 is 34.4 Å². The van der Waals surface area contributed by atoms with Crippen molar-refractivity contribution in [1.29, 1.82) is 0 Å². The van der Waals surface area contributed by atoms with Crippen LogP contribution in [0.25, 0.3) is 10.6 Å². The number of thiazole rings is 1. The third kappa shape index (κ3) is 3.40. The average Bonchev–Trinajstić information content (AvgIpc) is 3.22. The number of methoxy groups -OCH3 is 1. The molecule has 2 heterocycles. The minimum absolute atomic E-state index is 0.782. The summed E-state index contributed by atoms with van der Waals surface area (Å²) >= 11 is 4.82. The van der Waals surface area contributed by atoms with E-state index < -0.39 is 0 Å². The molecule has 0 saturated carbocycles. The summed E-state index contributed by atoms with van der Waals surface area (Å²) < 4.78 is 6.33. The summed E-state index contributed by atoms with van der Waals surface area (Å²) in [5.74, 6) is 1.63. The molecule has 2 aromatic heterocycles. The number of benzene rings is 1. The van der Waals surface area contributed by atoms with E-state index in [1.54, 1.807) is 41.5 Å². The molecule has 0 aliphatic rings. The molecule has 0 fully saturated rings. The van der Waals surface area contributed by atoms with Crippen LogP contribution in [-0.4, -0.2) is 29.3 Å². The van der Waals surface area contributed by atoms with E-state index in [1.165, 1.54) is 0 Å². The van der Waals surface area contributed by atoms with Gasteiger partial charge >= 0.3 is 0 Å². The lowest BCUT2D eigenvalue weighted by Crippen LogP contribution is -1.87. The molecule has 22 heavy (non-hydrogen) atoms. The second-order valence-electron chi connectivity index (χ2n) is 4.26. The molecule has 1 aromatic carbocycles. The molecule has 0 aliphatic heterocycles. The molecule has 5 nitrogen and oxygen atoms in total. The first-order chi connectivity index (χ1) is 10.8. The highest BCUT2D eigenvalue weighted by Crippen LogP contribution is 2.34. The normalized spacial score (nSPS) is 10.6. The van der Waals surface area contributed by atoms with Crippen molar-refractivity contribution in [1.82, 2.24) is 15.2 Å². The fraction of sp³-hybridized carbons (Fsp3) is 0.214. The van der Waals surface area contributed by atoms with Crippen LogP contribution in [-0.2, 0) is 5.75 Å². The Bertz CT molecular complexity index is 756.